The van der Waals surface area contributed by atoms with Gasteiger partial charge in [-0.15, -0.1) is 0 Å². The maximum Gasteiger partial charge on any atom is 0.254 e. The lowest BCUT2D eigenvalue weighted by atomic mass is 10.1. The first-order valence-electron chi connectivity index (χ1n) is 9.96. The molecular formula is C22H27N5O. The monoisotopic (exact) mass is 377 g/mol. The van der Waals surface area contributed by atoms with Gasteiger partial charge in [-0.05, 0) is 45.8 Å². The molecule has 2 aromatic heterocycles. The molecule has 1 aliphatic heterocycles. The zero-order valence-corrected chi connectivity index (χ0v) is 16.7. The van der Waals surface area contributed by atoms with E-state index >= 15 is 0 Å². The van der Waals surface area contributed by atoms with Crippen LogP contribution in [0.15, 0.2) is 42.6 Å². The van der Waals surface area contributed by atoms with Crippen molar-refractivity contribution in [2.24, 2.45) is 5.92 Å². The number of pyridine rings is 1. The molecule has 146 valence electrons. The van der Waals surface area contributed by atoms with E-state index in [1.54, 1.807) is 6.20 Å². The number of likely N-dealkylation sites (tertiary alicyclic amines) is 1. The molecule has 1 aromatic carbocycles. The van der Waals surface area contributed by atoms with Crippen LogP contribution in [0.3, 0.4) is 0 Å². The minimum Gasteiger partial charge on any atom is -0.338 e. The molecule has 0 spiro atoms. The van der Waals surface area contributed by atoms with Gasteiger partial charge in [-0.1, -0.05) is 30.3 Å². The summed E-state index contributed by atoms with van der Waals surface area (Å²) >= 11 is 0. The molecule has 1 N–H and O–H groups in total. The van der Waals surface area contributed by atoms with Crippen molar-refractivity contribution in [1.29, 1.82) is 0 Å². The molecule has 0 bridgehead atoms. The van der Waals surface area contributed by atoms with Crippen LogP contribution in [0.25, 0.3) is 22.3 Å². The van der Waals surface area contributed by atoms with Crippen molar-refractivity contribution < 1.29 is 4.79 Å². The van der Waals surface area contributed by atoms with Gasteiger partial charge in [-0.3, -0.25) is 4.79 Å². The van der Waals surface area contributed by atoms with Gasteiger partial charge in [-0.25, -0.2) is 9.67 Å². The van der Waals surface area contributed by atoms with Gasteiger partial charge in [-0.2, -0.15) is 5.10 Å². The van der Waals surface area contributed by atoms with Gasteiger partial charge in [0, 0.05) is 24.7 Å². The van der Waals surface area contributed by atoms with Crippen LogP contribution in [0.1, 0.15) is 36.7 Å². The van der Waals surface area contributed by atoms with Gasteiger partial charge in [0.15, 0.2) is 5.65 Å². The highest BCUT2D eigenvalue weighted by atomic mass is 16.2. The van der Waals surface area contributed by atoms with E-state index in [1.807, 2.05) is 53.0 Å². The molecule has 1 fully saturated rings. The number of benzene rings is 1. The number of fused-ring (bicyclic) bond motifs is 1. The molecule has 6 nitrogen and oxygen atoms in total. The minimum atomic E-state index is 0.0755. The average molecular weight is 377 g/mol. The van der Waals surface area contributed by atoms with Gasteiger partial charge < -0.3 is 10.2 Å². The average Bonchev–Trinajstić information content (AvgIpc) is 3.34. The third-order valence-electron chi connectivity index (χ3n) is 5.42. The summed E-state index contributed by atoms with van der Waals surface area (Å²) in [6, 6.07) is 12.1. The molecule has 1 aliphatic rings. The molecule has 6 heteroatoms. The maximum atomic E-state index is 13.4. The Morgan fingerprint density at radius 2 is 2.07 bits per heavy atom. The second-order valence-corrected chi connectivity index (χ2v) is 7.80. The lowest BCUT2D eigenvalue weighted by molar-refractivity contribution is 0.0789. The largest absolute Gasteiger partial charge is 0.338 e. The first-order valence-corrected chi connectivity index (χ1v) is 9.96. The molecule has 1 unspecified atom stereocenters. The Labute approximate surface area is 165 Å². The van der Waals surface area contributed by atoms with E-state index in [0.717, 1.165) is 48.3 Å². The van der Waals surface area contributed by atoms with Crippen LogP contribution in [-0.2, 0) is 0 Å². The van der Waals surface area contributed by atoms with E-state index in [9.17, 15) is 4.79 Å². The molecule has 1 atom stereocenters. The van der Waals surface area contributed by atoms with Gasteiger partial charge in [0.25, 0.3) is 5.91 Å². The zero-order chi connectivity index (χ0) is 19.7. The predicted molar refractivity (Wildman–Crippen MR) is 111 cm³/mol. The van der Waals surface area contributed by atoms with Gasteiger partial charge in [0.1, 0.15) is 0 Å². The van der Waals surface area contributed by atoms with Gasteiger partial charge >= 0.3 is 0 Å². The molecule has 4 rings (SSSR count). The fourth-order valence-electron chi connectivity index (χ4n) is 3.97. The predicted octanol–water partition coefficient (Wildman–Crippen LogP) is 3.36. The normalized spacial score (nSPS) is 17.0. The van der Waals surface area contributed by atoms with E-state index < -0.39 is 0 Å². The van der Waals surface area contributed by atoms with E-state index in [1.165, 1.54) is 0 Å². The molecule has 1 amide bonds. The van der Waals surface area contributed by atoms with Crippen molar-refractivity contribution in [3.8, 4) is 11.3 Å². The Balaban J connectivity index is 1.79. The Hall–Kier alpha value is -2.73. The highest BCUT2D eigenvalue weighted by Gasteiger charge is 2.28. The smallest absolute Gasteiger partial charge is 0.254 e. The topological polar surface area (TPSA) is 63.1 Å². The first-order chi connectivity index (χ1) is 13.6. The first kappa shape index (κ1) is 18.6. The zero-order valence-electron chi connectivity index (χ0n) is 16.7. The number of nitrogens with one attached hydrogen (secondary N) is 1. The number of rotatable bonds is 5. The molecule has 0 radical (unpaired) electrons. The molecule has 3 heterocycles. The van der Waals surface area contributed by atoms with Crippen LogP contribution in [-0.4, -0.2) is 52.3 Å². The molecule has 28 heavy (non-hydrogen) atoms. The Kier molecular flexibility index (Phi) is 5.13. The fraction of sp³-hybridized carbons (Fsp3) is 0.409. The standard InChI is InChI=1S/C22H27N5O/c1-15(2)27-21-19(13-24-27)18(11-20(25-21)17-7-5-4-6-8-17)22(28)26-10-9-16(14-26)12-23-3/h4-8,11,13,15-16,23H,9-10,12,14H2,1-3H3. The van der Waals surface area contributed by atoms with Crippen LogP contribution in [0, 0.1) is 5.92 Å². The summed E-state index contributed by atoms with van der Waals surface area (Å²) in [7, 11) is 1.96. The van der Waals surface area contributed by atoms with Crippen LogP contribution in [0.4, 0.5) is 0 Å². The van der Waals surface area contributed by atoms with E-state index in [2.05, 4.69) is 24.3 Å². The third kappa shape index (κ3) is 3.40. The van der Waals surface area contributed by atoms with Crippen molar-refractivity contribution in [3.63, 3.8) is 0 Å². The SMILES string of the molecule is CNCC1CCN(C(=O)c2cc(-c3ccccc3)nc3c2cnn3C(C)C)C1. The second kappa shape index (κ2) is 7.72. The van der Waals surface area contributed by atoms with E-state index in [0.29, 0.717) is 11.5 Å². The van der Waals surface area contributed by atoms with Crippen LogP contribution < -0.4 is 5.32 Å². The number of carbonyl (C=O) groups is 1. The summed E-state index contributed by atoms with van der Waals surface area (Å²) in [5, 5.41) is 8.57. The number of hydrogen-bond donors (Lipinski definition) is 1. The van der Waals surface area contributed by atoms with Crippen molar-refractivity contribution >= 4 is 16.9 Å². The summed E-state index contributed by atoms with van der Waals surface area (Å²) in [6.45, 7) is 6.69. The Morgan fingerprint density at radius 1 is 1.29 bits per heavy atom. The summed E-state index contributed by atoms with van der Waals surface area (Å²) in [6.07, 6.45) is 2.82. The lowest BCUT2D eigenvalue weighted by Crippen LogP contribution is -2.30. The number of hydrogen-bond acceptors (Lipinski definition) is 4. The summed E-state index contributed by atoms with van der Waals surface area (Å²) in [5.74, 6) is 0.588. The van der Waals surface area contributed by atoms with Gasteiger partial charge in [0.05, 0.1) is 22.8 Å². The van der Waals surface area contributed by atoms with Crippen molar-refractivity contribution in [1.82, 2.24) is 25.0 Å². The van der Waals surface area contributed by atoms with E-state index in [4.69, 9.17) is 4.98 Å². The van der Waals surface area contributed by atoms with Crippen molar-refractivity contribution in [2.75, 3.05) is 26.7 Å². The summed E-state index contributed by atoms with van der Waals surface area (Å²) < 4.78 is 1.90. The van der Waals surface area contributed by atoms with Crippen LogP contribution in [0.2, 0.25) is 0 Å². The number of nitrogens with zero attached hydrogens (tertiary/aromatic N) is 4. The van der Waals surface area contributed by atoms with E-state index in [-0.39, 0.29) is 11.9 Å². The summed E-state index contributed by atoms with van der Waals surface area (Å²) in [4.78, 5) is 20.2. The lowest BCUT2D eigenvalue weighted by Gasteiger charge is -2.18. The van der Waals surface area contributed by atoms with Gasteiger partial charge in [0.2, 0.25) is 0 Å². The highest BCUT2D eigenvalue weighted by Crippen LogP contribution is 2.28. The highest BCUT2D eigenvalue weighted by molar-refractivity contribution is 6.06. The van der Waals surface area contributed by atoms with Crippen LogP contribution >= 0.6 is 0 Å². The van der Waals surface area contributed by atoms with Crippen molar-refractivity contribution in [2.45, 2.75) is 26.3 Å². The van der Waals surface area contributed by atoms with Crippen molar-refractivity contribution in [3.05, 3.63) is 48.2 Å². The minimum absolute atomic E-state index is 0.0755. The fourth-order valence-corrected chi connectivity index (χ4v) is 3.97. The molecule has 0 aliphatic carbocycles. The third-order valence-corrected chi connectivity index (χ3v) is 5.42. The van der Waals surface area contributed by atoms with Crippen LogP contribution in [0.5, 0.6) is 0 Å². The number of amides is 1. The quantitative estimate of drug-likeness (QED) is 0.741. The maximum absolute atomic E-state index is 13.4. The molecule has 1 saturated heterocycles. The Bertz CT molecular complexity index is 979. The molecule has 0 saturated carbocycles. The number of aromatic nitrogens is 3. The summed E-state index contributed by atoms with van der Waals surface area (Å²) in [5.41, 5.74) is 3.28. The second-order valence-electron chi connectivity index (χ2n) is 7.80. The number of carbonyl (C=O) groups excluding carboxylic acids is 1. The molecule has 3 aromatic rings. The molecular weight excluding hydrogens is 350 g/mol. The Morgan fingerprint density at radius 3 is 2.79 bits per heavy atom.